The molecule has 1 heterocycles. The van der Waals surface area contributed by atoms with Gasteiger partial charge in [-0.3, -0.25) is 0 Å². The van der Waals surface area contributed by atoms with Crippen molar-refractivity contribution in [3.8, 4) is 0 Å². The number of halogens is 2. The minimum Gasteiger partial charge on any atom is -0.398 e. The van der Waals surface area contributed by atoms with Gasteiger partial charge < -0.3 is 26.5 Å². The molecule has 1 aromatic heterocycles. The largest absolute Gasteiger partial charge is 0.398 e. The molecule has 0 spiro atoms. The van der Waals surface area contributed by atoms with Crippen LogP contribution in [0.3, 0.4) is 0 Å². The molecule has 6 nitrogen and oxygen atoms in total. The third-order valence-electron chi connectivity index (χ3n) is 3.60. The average molecular weight is 352 g/mol. The topological polar surface area (TPSA) is 102 Å². The van der Waals surface area contributed by atoms with E-state index in [2.05, 4.69) is 10.3 Å². The van der Waals surface area contributed by atoms with Crippen LogP contribution in [0.1, 0.15) is 11.8 Å². The Kier molecular flexibility index (Phi) is 4.08. The molecule has 3 aromatic rings. The molecule has 3 rings (SSSR count). The van der Waals surface area contributed by atoms with Crippen LogP contribution in [0.25, 0.3) is 11.0 Å². The lowest BCUT2D eigenvalue weighted by Gasteiger charge is -2.13. The van der Waals surface area contributed by atoms with Gasteiger partial charge in [0.2, 0.25) is 5.95 Å². The highest BCUT2D eigenvalue weighted by molar-refractivity contribution is 6.39. The number of nitrogens with two attached hydrogens (primary N) is 2. The van der Waals surface area contributed by atoms with Crippen molar-refractivity contribution in [3.63, 3.8) is 0 Å². The highest BCUT2D eigenvalue weighted by Gasteiger charge is 2.18. The first-order chi connectivity index (χ1) is 10.9. The lowest BCUT2D eigenvalue weighted by atomic mass is 10.1. The van der Waals surface area contributed by atoms with Crippen molar-refractivity contribution in [2.24, 2.45) is 12.8 Å². The van der Waals surface area contributed by atoms with Crippen LogP contribution in [-0.2, 0) is 7.05 Å². The van der Waals surface area contributed by atoms with E-state index in [1.807, 2.05) is 0 Å². The molecule has 23 heavy (non-hydrogen) atoms. The summed E-state index contributed by atoms with van der Waals surface area (Å²) in [5, 5.41) is 13.9. The fourth-order valence-electron chi connectivity index (χ4n) is 2.50. The molecule has 1 unspecified atom stereocenters. The number of benzene rings is 2. The molecule has 0 saturated carbocycles. The maximum atomic E-state index is 9.81. The number of para-hydroxylation sites is 1. The van der Waals surface area contributed by atoms with Gasteiger partial charge in [0.1, 0.15) is 6.23 Å². The summed E-state index contributed by atoms with van der Waals surface area (Å²) in [6, 6.07) is 8.63. The molecule has 2 aromatic carbocycles. The van der Waals surface area contributed by atoms with Crippen molar-refractivity contribution in [2.45, 2.75) is 6.23 Å². The highest BCUT2D eigenvalue weighted by atomic mass is 35.5. The van der Waals surface area contributed by atoms with Gasteiger partial charge in [-0.25, -0.2) is 4.98 Å². The number of nitrogens with one attached hydrogen (secondary N) is 1. The van der Waals surface area contributed by atoms with Crippen molar-refractivity contribution < 1.29 is 5.11 Å². The Morgan fingerprint density at radius 2 is 1.87 bits per heavy atom. The fourth-order valence-corrected chi connectivity index (χ4v) is 2.99. The highest BCUT2D eigenvalue weighted by Crippen LogP contribution is 2.35. The second-order valence-corrected chi connectivity index (χ2v) is 5.91. The van der Waals surface area contributed by atoms with Crippen molar-refractivity contribution in [3.05, 3.63) is 45.9 Å². The number of fused-ring (bicyclic) bond motifs is 1. The van der Waals surface area contributed by atoms with Gasteiger partial charge >= 0.3 is 0 Å². The fraction of sp³-hybridized carbons (Fsp3) is 0.133. The number of nitrogens with zero attached hydrogens (tertiary/aromatic N) is 2. The molecular formula is C15H15Cl2N5O. The Labute approximate surface area is 142 Å². The smallest absolute Gasteiger partial charge is 0.208 e. The first kappa shape index (κ1) is 15.9. The van der Waals surface area contributed by atoms with Crippen LogP contribution in [-0.4, -0.2) is 14.7 Å². The minimum absolute atomic E-state index is 0.401. The number of hydrogen-bond acceptors (Lipinski definition) is 5. The van der Waals surface area contributed by atoms with Crippen molar-refractivity contribution in [1.29, 1.82) is 0 Å². The normalized spacial score (nSPS) is 12.6. The number of imidazole rings is 1. The summed E-state index contributed by atoms with van der Waals surface area (Å²) in [6.45, 7) is 0. The molecule has 0 aliphatic carbocycles. The van der Waals surface area contributed by atoms with Gasteiger partial charge in [-0.15, -0.1) is 0 Å². The molecular weight excluding hydrogens is 337 g/mol. The molecule has 0 amide bonds. The number of aliphatic hydroxyl groups excluding tert-OH is 1. The molecule has 0 saturated heterocycles. The van der Waals surface area contributed by atoms with Crippen LogP contribution < -0.4 is 16.8 Å². The van der Waals surface area contributed by atoms with Gasteiger partial charge in [-0.2, -0.15) is 0 Å². The number of nitrogen functional groups attached to an aromatic ring is 1. The zero-order valence-corrected chi connectivity index (χ0v) is 13.7. The van der Waals surface area contributed by atoms with E-state index < -0.39 is 6.23 Å². The summed E-state index contributed by atoms with van der Waals surface area (Å²) in [6.07, 6.45) is -1.20. The second-order valence-electron chi connectivity index (χ2n) is 5.10. The Bertz CT molecular complexity index is 871. The van der Waals surface area contributed by atoms with E-state index >= 15 is 0 Å². The zero-order chi connectivity index (χ0) is 16.7. The van der Waals surface area contributed by atoms with Crippen LogP contribution in [0.2, 0.25) is 10.0 Å². The summed E-state index contributed by atoms with van der Waals surface area (Å²) in [7, 11) is 1.79. The Morgan fingerprint density at radius 1 is 1.22 bits per heavy atom. The molecule has 0 aliphatic heterocycles. The molecule has 6 N–H and O–H groups in total. The molecule has 8 heteroatoms. The number of aryl methyl sites for hydroxylation is 1. The van der Waals surface area contributed by atoms with E-state index in [0.29, 0.717) is 44.0 Å². The van der Waals surface area contributed by atoms with Crippen LogP contribution in [0, 0.1) is 0 Å². The lowest BCUT2D eigenvalue weighted by Crippen LogP contribution is -2.13. The summed E-state index contributed by atoms with van der Waals surface area (Å²) in [5.74, 6) is 0.502. The number of aromatic nitrogens is 2. The van der Waals surface area contributed by atoms with Crippen LogP contribution in [0.15, 0.2) is 30.3 Å². The van der Waals surface area contributed by atoms with Crippen LogP contribution in [0.5, 0.6) is 0 Å². The third kappa shape index (κ3) is 2.70. The molecule has 0 radical (unpaired) electrons. The second kappa shape index (κ2) is 5.90. The van der Waals surface area contributed by atoms with Crippen molar-refractivity contribution >= 4 is 51.6 Å². The number of hydrogen-bond donors (Lipinski definition) is 4. The van der Waals surface area contributed by atoms with Crippen molar-refractivity contribution in [2.75, 3.05) is 11.1 Å². The van der Waals surface area contributed by atoms with E-state index in [9.17, 15) is 5.11 Å². The predicted molar refractivity (Wildman–Crippen MR) is 94.0 cm³/mol. The van der Waals surface area contributed by atoms with Gasteiger partial charge in [0, 0.05) is 18.3 Å². The summed E-state index contributed by atoms with van der Waals surface area (Å²) in [5.41, 5.74) is 14.2. The summed E-state index contributed by atoms with van der Waals surface area (Å²) >= 11 is 12.3. The number of rotatable bonds is 3. The van der Waals surface area contributed by atoms with Crippen molar-refractivity contribution in [1.82, 2.24) is 9.55 Å². The molecule has 120 valence electrons. The molecule has 0 aliphatic rings. The third-order valence-corrected chi connectivity index (χ3v) is 4.23. The molecule has 0 fully saturated rings. The first-order valence-electron chi connectivity index (χ1n) is 6.79. The Hall–Kier alpha value is -1.99. The van der Waals surface area contributed by atoms with Gasteiger partial charge in [-0.05, 0) is 24.3 Å². The maximum absolute atomic E-state index is 9.81. The number of aliphatic hydroxyl groups is 1. The molecule has 1 atom stereocenters. The summed E-state index contributed by atoms with van der Waals surface area (Å²) in [4.78, 5) is 4.49. The first-order valence-corrected chi connectivity index (χ1v) is 7.55. The van der Waals surface area contributed by atoms with Gasteiger partial charge in [0.25, 0.3) is 0 Å². The standard InChI is InChI=1S/C15H15Cl2N5O/c1-22-13-10(6-5-9(18)11(13)14(19)23)20-15(22)21-12-7(16)3-2-4-8(12)17/h2-6,14,23H,18-19H2,1H3,(H,20,21). The average Bonchev–Trinajstić information content (AvgIpc) is 2.79. The maximum Gasteiger partial charge on any atom is 0.208 e. The van der Waals surface area contributed by atoms with Gasteiger partial charge in [-0.1, -0.05) is 29.3 Å². The SMILES string of the molecule is Cn1c(Nc2c(Cl)cccc2Cl)nc2ccc(N)c(C(N)O)c21. The number of anilines is 3. The zero-order valence-electron chi connectivity index (χ0n) is 12.2. The Balaban J connectivity index is 2.17. The van der Waals surface area contributed by atoms with E-state index in [4.69, 9.17) is 34.7 Å². The lowest BCUT2D eigenvalue weighted by molar-refractivity contribution is 0.188. The minimum atomic E-state index is -1.20. The Morgan fingerprint density at radius 3 is 2.48 bits per heavy atom. The molecule has 0 bridgehead atoms. The van der Waals surface area contributed by atoms with E-state index in [1.165, 1.54) is 0 Å². The van der Waals surface area contributed by atoms with Crippen LogP contribution >= 0.6 is 23.2 Å². The van der Waals surface area contributed by atoms with E-state index in [1.54, 1.807) is 41.9 Å². The van der Waals surface area contributed by atoms with Gasteiger partial charge in [0.05, 0.1) is 26.8 Å². The summed E-state index contributed by atoms with van der Waals surface area (Å²) < 4.78 is 1.75. The van der Waals surface area contributed by atoms with Gasteiger partial charge in [0.15, 0.2) is 0 Å². The van der Waals surface area contributed by atoms with Crippen LogP contribution in [0.4, 0.5) is 17.3 Å². The predicted octanol–water partition coefficient (Wildman–Crippen LogP) is 3.16. The van der Waals surface area contributed by atoms with E-state index in [-0.39, 0.29) is 0 Å². The monoisotopic (exact) mass is 351 g/mol. The quantitative estimate of drug-likeness (QED) is 0.428. The van der Waals surface area contributed by atoms with E-state index in [0.717, 1.165) is 0 Å².